The standard InChI is InChI=1S/C17H26BrN3O2S.HI/c1-19-17(21-12-5-6-13(8-12)24-4)20-10-11-7-15(22-2)16(23-3)9-14(11)18;/h7,9,12-13H,5-6,8,10H2,1-4H3,(H2,19,20,21);1H. The van der Waals surface area contributed by atoms with Gasteiger partial charge in [-0.3, -0.25) is 4.99 Å². The Balaban J connectivity index is 0.00000312. The number of halogens is 2. The first-order chi connectivity index (χ1) is 11.6. The second-order valence-electron chi connectivity index (χ2n) is 5.74. The maximum Gasteiger partial charge on any atom is 0.191 e. The van der Waals surface area contributed by atoms with E-state index in [0.717, 1.165) is 27.0 Å². The molecule has 8 heteroatoms. The number of thioether (sulfide) groups is 1. The molecule has 0 bridgehead atoms. The highest BCUT2D eigenvalue weighted by Crippen LogP contribution is 2.33. The van der Waals surface area contributed by atoms with Crippen molar-refractivity contribution < 1.29 is 9.47 Å². The normalized spacial score (nSPS) is 20.0. The number of nitrogens with zero attached hydrogens (tertiary/aromatic N) is 1. The summed E-state index contributed by atoms with van der Waals surface area (Å²) >= 11 is 5.55. The molecule has 0 amide bonds. The molecule has 1 aliphatic carbocycles. The van der Waals surface area contributed by atoms with Crippen LogP contribution in [-0.2, 0) is 6.54 Å². The van der Waals surface area contributed by atoms with Gasteiger partial charge in [-0.25, -0.2) is 0 Å². The topological polar surface area (TPSA) is 54.9 Å². The summed E-state index contributed by atoms with van der Waals surface area (Å²) < 4.78 is 11.7. The highest BCUT2D eigenvalue weighted by molar-refractivity contribution is 14.0. The molecule has 2 rings (SSSR count). The number of aliphatic imine (C=N–C) groups is 1. The average molecular weight is 544 g/mol. The number of hydrogen-bond acceptors (Lipinski definition) is 4. The predicted octanol–water partition coefficient (Wildman–Crippen LogP) is 4.03. The van der Waals surface area contributed by atoms with Crippen molar-refractivity contribution in [1.29, 1.82) is 0 Å². The van der Waals surface area contributed by atoms with Crippen LogP contribution < -0.4 is 20.1 Å². The number of methoxy groups -OCH3 is 2. The molecule has 2 atom stereocenters. The van der Waals surface area contributed by atoms with Crippen LogP contribution in [-0.4, -0.2) is 44.8 Å². The largest absolute Gasteiger partial charge is 0.493 e. The van der Waals surface area contributed by atoms with E-state index >= 15 is 0 Å². The number of hydrogen-bond donors (Lipinski definition) is 2. The van der Waals surface area contributed by atoms with Gasteiger partial charge < -0.3 is 20.1 Å². The van der Waals surface area contributed by atoms with Crippen LogP contribution in [0.2, 0.25) is 0 Å². The Morgan fingerprint density at radius 3 is 2.52 bits per heavy atom. The molecule has 1 saturated carbocycles. The summed E-state index contributed by atoms with van der Waals surface area (Å²) in [5.41, 5.74) is 1.09. The first-order valence-electron chi connectivity index (χ1n) is 8.01. The van der Waals surface area contributed by atoms with Crippen molar-refractivity contribution in [2.24, 2.45) is 4.99 Å². The van der Waals surface area contributed by atoms with E-state index in [9.17, 15) is 0 Å². The van der Waals surface area contributed by atoms with Gasteiger partial charge in [0.25, 0.3) is 0 Å². The monoisotopic (exact) mass is 543 g/mol. The van der Waals surface area contributed by atoms with Crippen LogP contribution in [0.15, 0.2) is 21.6 Å². The second kappa shape index (κ2) is 11.4. The van der Waals surface area contributed by atoms with E-state index in [2.05, 4.69) is 37.8 Å². The van der Waals surface area contributed by atoms with Crippen LogP contribution in [0, 0.1) is 0 Å². The smallest absolute Gasteiger partial charge is 0.191 e. The lowest BCUT2D eigenvalue weighted by Crippen LogP contribution is -2.42. The fourth-order valence-electron chi connectivity index (χ4n) is 2.88. The molecule has 1 aromatic rings. The van der Waals surface area contributed by atoms with Crippen molar-refractivity contribution in [2.75, 3.05) is 27.5 Å². The lowest BCUT2D eigenvalue weighted by molar-refractivity contribution is 0.354. The number of benzene rings is 1. The van der Waals surface area contributed by atoms with Gasteiger partial charge in [-0.05, 0) is 43.2 Å². The predicted molar refractivity (Wildman–Crippen MR) is 121 cm³/mol. The summed E-state index contributed by atoms with van der Waals surface area (Å²) in [6, 6.07) is 4.40. The summed E-state index contributed by atoms with van der Waals surface area (Å²) in [5, 5.41) is 7.67. The van der Waals surface area contributed by atoms with E-state index < -0.39 is 0 Å². The van der Waals surface area contributed by atoms with Gasteiger partial charge in [-0.1, -0.05) is 15.9 Å². The van der Waals surface area contributed by atoms with Crippen LogP contribution in [0.1, 0.15) is 24.8 Å². The van der Waals surface area contributed by atoms with Gasteiger partial charge in [0.05, 0.1) is 14.2 Å². The third-order valence-electron chi connectivity index (χ3n) is 4.28. The molecule has 2 N–H and O–H groups in total. The highest BCUT2D eigenvalue weighted by atomic mass is 127. The zero-order valence-corrected chi connectivity index (χ0v) is 19.8. The molecule has 0 radical (unpaired) electrons. The number of ether oxygens (including phenoxy) is 2. The maximum atomic E-state index is 5.37. The molecule has 2 unspecified atom stereocenters. The molecule has 5 nitrogen and oxygen atoms in total. The van der Waals surface area contributed by atoms with Crippen molar-refractivity contribution >= 4 is 57.6 Å². The SMILES string of the molecule is CN=C(NCc1cc(OC)c(OC)cc1Br)NC1CCC(SC)C1.I. The lowest BCUT2D eigenvalue weighted by Gasteiger charge is -2.18. The first-order valence-corrected chi connectivity index (χ1v) is 10.1. The van der Waals surface area contributed by atoms with Crippen molar-refractivity contribution in [1.82, 2.24) is 10.6 Å². The van der Waals surface area contributed by atoms with E-state index in [1.54, 1.807) is 21.3 Å². The minimum Gasteiger partial charge on any atom is -0.493 e. The maximum absolute atomic E-state index is 5.37. The molecular weight excluding hydrogens is 517 g/mol. The summed E-state index contributed by atoms with van der Waals surface area (Å²) in [7, 11) is 5.09. The minimum atomic E-state index is 0. The molecule has 0 aromatic heterocycles. The molecule has 0 aliphatic heterocycles. The van der Waals surface area contributed by atoms with Gasteiger partial charge >= 0.3 is 0 Å². The Bertz CT molecular complexity index is 589. The Morgan fingerprint density at radius 2 is 1.96 bits per heavy atom. The molecule has 142 valence electrons. The Labute approximate surface area is 180 Å². The molecule has 0 spiro atoms. The number of nitrogens with one attached hydrogen (secondary N) is 2. The Morgan fingerprint density at radius 1 is 1.28 bits per heavy atom. The molecule has 1 fully saturated rings. The van der Waals surface area contributed by atoms with E-state index in [4.69, 9.17) is 9.47 Å². The molecule has 1 aliphatic rings. The van der Waals surface area contributed by atoms with Gasteiger partial charge in [0, 0.05) is 29.4 Å². The fourth-order valence-corrected chi connectivity index (χ4v) is 4.14. The van der Waals surface area contributed by atoms with E-state index in [-0.39, 0.29) is 24.0 Å². The van der Waals surface area contributed by atoms with Crippen molar-refractivity contribution in [3.05, 3.63) is 22.2 Å². The van der Waals surface area contributed by atoms with Gasteiger partial charge in [0.15, 0.2) is 17.5 Å². The summed E-state index contributed by atoms with van der Waals surface area (Å²) in [6.07, 6.45) is 5.86. The van der Waals surface area contributed by atoms with Crippen molar-refractivity contribution in [3.63, 3.8) is 0 Å². The average Bonchev–Trinajstić information content (AvgIpc) is 3.06. The lowest BCUT2D eigenvalue weighted by atomic mass is 10.2. The van der Waals surface area contributed by atoms with Crippen LogP contribution in [0.5, 0.6) is 11.5 Å². The highest BCUT2D eigenvalue weighted by Gasteiger charge is 2.24. The van der Waals surface area contributed by atoms with Gasteiger partial charge in [-0.2, -0.15) is 11.8 Å². The quantitative estimate of drug-likeness (QED) is 0.322. The summed E-state index contributed by atoms with van der Waals surface area (Å²) in [5.74, 6) is 2.27. The van der Waals surface area contributed by atoms with Crippen LogP contribution in [0.3, 0.4) is 0 Å². The number of rotatable bonds is 6. The van der Waals surface area contributed by atoms with E-state index in [1.807, 2.05) is 23.9 Å². The Kier molecular flexibility index (Phi) is 10.3. The molecule has 0 saturated heterocycles. The molecule has 0 heterocycles. The zero-order valence-electron chi connectivity index (χ0n) is 15.1. The number of guanidine groups is 1. The zero-order chi connectivity index (χ0) is 17.5. The fraction of sp³-hybridized carbons (Fsp3) is 0.588. The molecule has 25 heavy (non-hydrogen) atoms. The van der Waals surface area contributed by atoms with Crippen molar-refractivity contribution in [2.45, 2.75) is 37.1 Å². The minimum absolute atomic E-state index is 0. The molecular formula is C17H27BrIN3O2S. The third kappa shape index (κ3) is 6.39. The van der Waals surface area contributed by atoms with E-state index in [1.165, 1.54) is 19.3 Å². The van der Waals surface area contributed by atoms with Gasteiger partial charge in [-0.15, -0.1) is 24.0 Å². The van der Waals surface area contributed by atoms with Gasteiger partial charge in [0.2, 0.25) is 0 Å². The third-order valence-corrected chi connectivity index (χ3v) is 6.11. The second-order valence-corrected chi connectivity index (χ2v) is 7.73. The van der Waals surface area contributed by atoms with E-state index in [0.29, 0.717) is 18.3 Å². The van der Waals surface area contributed by atoms with Crippen LogP contribution in [0.4, 0.5) is 0 Å². The summed E-state index contributed by atoms with van der Waals surface area (Å²) in [4.78, 5) is 4.34. The Hall–Kier alpha value is -0.350. The van der Waals surface area contributed by atoms with Crippen LogP contribution >= 0.6 is 51.7 Å². The summed E-state index contributed by atoms with van der Waals surface area (Å²) in [6.45, 7) is 0.652. The van der Waals surface area contributed by atoms with Gasteiger partial charge in [0.1, 0.15) is 0 Å². The van der Waals surface area contributed by atoms with Crippen LogP contribution in [0.25, 0.3) is 0 Å². The van der Waals surface area contributed by atoms with Crippen molar-refractivity contribution in [3.8, 4) is 11.5 Å². The molecule has 1 aromatic carbocycles. The first kappa shape index (κ1) is 22.7.